The van der Waals surface area contributed by atoms with Crippen LogP contribution in [0.2, 0.25) is 0 Å². The van der Waals surface area contributed by atoms with Gasteiger partial charge in [0, 0.05) is 22.3 Å². The van der Waals surface area contributed by atoms with Crippen molar-refractivity contribution in [2.45, 2.75) is 23.6 Å². The van der Waals surface area contributed by atoms with Gasteiger partial charge in [-0.1, -0.05) is 16.9 Å². The number of hydrogen-bond donors (Lipinski definition) is 1. The van der Waals surface area contributed by atoms with Crippen LogP contribution in [0.4, 0.5) is 0 Å². The Morgan fingerprint density at radius 1 is 0.880 bits per heavy atom. The molecule has 0 spiro atoms. The summed E-state index contributed by atoms with van der Waals surface area (Å²) in [7, 11) is 0. The maximum atomic E-state index is 12.1. The standard InChI is InChI=1S/C18H15NO5S/c1-11(19-24-12(2)20)17(21)13-3-7-15(8-4-13)25-16-9-5-14(6-10-16)18(22)23/h3-10H,1-2H3,(H,22,23)/b19-11+. The molecule has 1 N–H and O–H groups in total. The number of carbonyl (C=O) groups excluding carboxylic acids is 2. The van der Waals surface area contributed by atoms with E-state index in [0.717, 1.165) is 9.79 Å². The number of hydrogen-bond acceptors (Lipinski definition) is 6. The molecule has 0 saturated heterocycles. The summed E-state index contributed by atoms with van der Waals surface area (Å²) in [6, 6.07) is 13.4. The van der Waals surface area contributed by atoms with Crippen molar-refractivity contribution in [1.29, 1.82) is 0 Å². The summed E-state index contributed by atoms with van der Waals surface area (Å²) in [4.78, 5) is 39.9. The zero-order chi connectivity index (χ0) is 18.4. The number of Topliss-reactive ketones (excluding diaryl/α,β-unsaturated/α-hetero) is 1. The molecule has 6 nitrogen and oxygen atoms in total. The number of oxime groups is 1. The van der Waals surface area contributed by atoms with Crippen LogP contribution in [-0.4, -0.2) is 28.5 Å². The van der Waals surface area contributed by atoms with Gasteiger partial charge in [0.05, 0.1) is 5.56 Å². The fourth-order valence-corrected chi connectivity index (χ4v) is 2.68. The normalized spacial score (nSPS) is 11.0. The first-order valence-electron chi connectivity index (χ1n) is 7.25. The van der Waals surface area contributed by atoms with Crippen LogP contribution < -0.4 is 0 Å². The number of aromatic carboxylic acids is 1. The zero-order valence-corrected chi connectivity index (χ0v) is 14.4. The average Bonchev–Trinajstić information content (AvgIpc) is 2.60. The Morgan fingerprint density at radius 3 is 1.80 bits per heavy atom. The fraction of sp³-hybridized carbons (Fsp3) is 0.111. The molecule has 0 aliphatic heterocycles. The molecule has 7 heteroatoms. The molecule has 25 heavy (non-hydrogen) atoms. The molecule has 0 saturated carbocycles. The van der Waals surface area contributed by atoms with E-state index in [-0.39, 0.29) is 17.1 Å². The van der Waals surface area contributed by atoms with Crippen molar-refractivity contribution >= 4 is 35.2 Å². The first-order chi connectivity index (χ1) is 11.9. The number of carbonyl (C=O) groups is 3. The summed E-state index contributed by atoms with van der Waals surface area (Å²) in [6.45, 7) is 2.67. The maximum absolute atomic E-state index is 12.1. The number of benzene rings is 2. The van der Waals surface area contributed by atoms with E-state index in [0.29, 0.717) is 5.56 Å². The van der Waals surface area contributed by atoms with Gasteiger partial charge in [-0.3, -0.25) is 4.79 Å². The molecule has 0 aromatic heterocycles. The second-order valence-corrected chi connectivity index (χ2v) is 6.19. The van der Waals surface area contributed by atoms with Gasteiger partial charge in [0.25, 0.3) is 0 Å². The van der Waals surface area contributed by atoms with E-state index in [1.165, 1.54) is 37.7 Å². The number of carboxylic acids is 1. The lowest BCUT2D eigenvalue weighted by molar-refractivity contribution is -0.140. The van der Waals surface area contributed by atoms with E-state index in [4.69, 9.17) is 5.11 Å². The van der Waals surface area contributed by atoms with Crippen molar-refractivity contribution in [2.75, 3.05) is 0 Å². The summed E-state index contributed by atoms with van der Waals surface area (Å²) in [5.74, 6) is -1.89. The molecule has 128 valence electrons. The lowest BCUT2D eigenvalue weighted by Crippen LogP contribution is -2.11. The van der Waals surface area contributed by atoms with Gasteiger partial charge in [-0.15, -0.1) is 0 Å². The molecule has 0 unspecified atom stereocenters. The molecular formula is C18H15NO5S. The minimum Gasteiger partial charge on any atom is -0.478 e. The maximum Gasteiger partial charge on any atom is 0.335 e. The Kier molecular flexibility index (Phi) is 6.08. The highest BCUT2D eigenvalue weighted by molar-refractivity contribution is 7.99. The van der Waals surface area contributed by atoms with E-state index in [9.17, 15) is 14.4 Å². The second-order valence-electron chi connectivity index (χ2n) is 5.04. The predicted octanol–water partition coefficient (Wildman–Crippen LogP) is 3.66. The van der Waals surface area contributed by atoms with E-state index >= 15 is 0 Å². The third-order valence-corrected chi connectivity index (χ3v) is 4.11. The minimum atomic E-state index is -0.967. The second kappa shape index (κ2) is 8.25. The zero-order valence-electron chi connectivity index (χ0n) is 13.6. The van der Waals surface area contributed by atoms with Gasteiger partial charge < -0.3 is 9.94 Å². The van der Waals surface area contributed by atoms with Crippen LogP contribution in [0.25, 0.3) is 0 Å². The van der Waals surface area contributed by atoms with Crippen LogP contribution in [0.15, 0.2) is 63.5 Å². The molecule has 0 bridgehead atoms. The van der Waals surface area contributed by atoms with Gasteiger partial charge in [-0.2, -0.15) is 0 Å². The summed E-state index contributed by atoms with van der Waals surface area (Å²) in [6.07, 6.45) is 0. The lowest BCUT2D eigenvalue weighted by Gasteiger charge is -2.04. The Labute approximate surface area is 148 Å². The Balaban J connectivity index is 2.06. The molecule has 0 aliphatic rings. The molecule has 2 aromatic rings. The Bertz CT molecular complexity index is 826. The predicted molar refractivity (Wildman–Crippen MR) is 93.2 cm³/mol. The van der Waals surface area contributed by atoms with E-state index in [2.05, 4.69) is 9.99 Å². The molecule has 0 fully saturated rings. The highest BCUT2D eigenvalue weighted by Crippen LogP contribution is 2.28. The molecule has 2 aromatic carbocycles. The SMILES string of the molecule is CC(=O)O/N=C(\C)C(=O)c1ccc(Sc2ccc(C(=O)O)cc2)cc1. The van der Waals surface area contributed by atoms with Gasteiger partial charge in [-0.05, 0) is 55.5 Å². The number of rotatable bonds is 6. The highest BCUT2D eigenvalue weighted by atomic mass is 32.2. The number of carboxylic acid groups (broad SMARTS) is 1. The third-order valence-electron chi connectivity index (χ3n) is 3.09. The first kappa shape index (κ1) is 18.4. The Hall–Kier alpha value is -2.93. The van der Waals surface area contributed by atoms with Crippen LogP contribution in [-0.2, 0) is 9.63 Å². The molecular weight excluding hydrogens is 342 g/mol. The number of ketones is 1. The van der Waals surface area contributed by atoms with Crippen molar-refractivity contribution < 1.29 is 24.3 Å². The average molecular weight is 357 g/mol. The summed E-state index contributed by atoms with van der Waals surface area (Å²) < 4.78 is 0. The first-order valence-corrected chi connectivity index (χ1v) is 8.06. The third kappa shape index (κ3) is 5.29. The topological polar surface area (TPSA) is 93.0 Å². The van der Waals surface area contributed by atoms with Crippen LogP contribution >= 0.6 is 11.8 Å². The van der Waals surface area contributed by atoms with Gasteiger partial charge in [0.2, 0.25) is 5.78 Å². The van der Waals surface area contributed by atoms with Crippen molar-refractivity contribution in [1.82, 2.24) is 0 Å². The monoisotopic (exact) mass is 357 g/mol. The van der Waals surface area contributed by atoms with Crippen LogP contribution in [0, 0.1) is 0 Å². The van der Waals surface area contributed by atoms with Crippen LogP contribution in [0.5, 0.6) is 0 Å². The quantitative estimate of drug-likeness (QED) is 0.367. The molecule has 2 rings (SSSR count). The van der Waals surface area contributed by atoms with Gasteiger partial charge in [0.15, 0.2) is 0 Å². The van der Waals surface area contributed by atoms with E-state index < -0.39 is 11.9 Å². The largest absolute Gasteiger partial charge is 0.478 e. The van der Waals surface area contributed by atoms with Crippen molar-refractivity contribution in [3.63, 3.8) is 0 Å². The Morgan fingerprint density at radius 2 is 1.36 bits per heavy atom. The molecule has 0 amide bonds. The van der Waals surface area contributed by atoms with Crippen LogP contribution in [0.3, 0.4) is 0 Å². The smallest absolute Gasteiger partial charge is 0.335 e. The summed E-state index contributed by atoms with van der Waals surface area (Å²) in [5.41, 5.74) is 0.742. The fourth-order valence-electron chi connectivity index (χ4n) is 1.86. The molecule has 0 aliphatic carbocycles. The van der Waals surface area contributed by atoms with Crippen molar-refractivity contribution in [3.05, 3.63) is 59.7 Å². The molecule has 0 atom stereocenters. The van der Waals surface area contributed by atoms with E-state index in [1.807, 2.05) is 0 Å². The summed E-state index contributed by atoms with van der Waals surface area (Å²) in [5, 5.41) is 12.4. The van der Waals surface area contributed by atoms with Gasteiger partial charge in [-0.25, -0.2) is 9.59 Å². The number of nitrogens with zero attached hydrogens (tertiary/aromatic N) is 1. The molecule has 0 heterocycles. The summed E-state index contributed by atoms with van der Waals surface area (Å²) >= 11 is 1.45. The van der Waals surface area contributed by atoms with Crippen molar-refractivity contribution in [2.24, 2.45) is 5.16 Å². The highest BCUT2D eigenvalue weighted by Gasteiger charge is 2.11. The van der Waals surface area contributed by atoms with Gasteiger partial charge in [0.1, 0.15) is 5.71 Å². The van der Waals surface area contributed by atoms with Gasteiger partial charge >= 0.3 is 11.9 Å². The van der Waals surface area contributed by atoms with E-state index in [1.54, 1.807) is 36.4 Å². The minimum absolute atomic E-state index is 0.0832. The lowest BCUT2D eigenvalue weighted by atomic mass is 10.1. The molecule has 0 radical (unpaired) electrons. The van der Waals surface area contributed by atoms with Crippen LogP contribution in [0.1, 0.15) is 34.6 Å². The van der Waals surface area contributed by atoms with Crippen molar-refractivity contribution in [3.8, 4) is 0 Å².